The van der Waals surface area contributed by atoms with E-state index < -0.39 is 11.7 Å². The van der Waals surface area contributed by atoms with Crippen LogP contribution in [0.2, 0.25) is 0 Å². The first-order valence-corrected chi connectivity index (χ1v) is 12.4. The summed E-state index contributed by atoms with van der Waals surface area (Å²) in [5.41, 5.74) is 2.23. The van der Waals surface area contributed by atoms with Crippen LogP contribution in [-0.4, -0.2) is 28.7 Å². The third kappa shape index (κ3) is 4.65. The Bertz CT molecular complexity index is 1150. The number of carbonyl (C=O) groups excluding carboxylic acids is 1. The summed E-state index contributed by atoms with van der Waals surface area (Å²) in [4.78, 5) is 17.5. The van der Waals surface area contributed by atoms with Crippen LogP contribution >= 0.6 is 0 Å². The number of fused-ring (bicyclic) bond motifs is 2. The number of aromatic nitrogens is 1. The van der Waals surface area contributed by atoms with E-state index in [1.54, 1.807) is 25.4 Å². The molecule has 7 heteroatoms. The summed E-state index contributed by atoms with van der Waals surface area (Å²) in [6.45, 7) is 2.03. The van der Waals surface area contributed by atoms with E-state index in [1.807, 2.05) is 19.1 Å². The van der Waals surface area contributed by atoms with Crippen LogP contribution in [-0.2, 0) is 11.0 Å². The molecule has 0 spiro atoms. The molecule has 0 radical (unpaired) electrons. The predicted molar refractivity (Wildman–Crippen MR) is 130 cm³/mol. The first-order valence-electron chi connectivity index (χ1n) is 12.4. The molecule has 2 heterocycles. The second-order valence-corrected chi connectivity index (χ2v) is 10.2. The minimum atomic E-state index is -4.38. The van der Waals surface area contributed by atoms with Gasteiger partial charge in [-0.2, -0.15) is 18.3 Å². The van der Waals surface area contributed by atoms with Gasteiger partial charge >= 0.3 is 6.18 Å². The molecule has 2 saturated carbocycles. The van der Waals surface area contributed by atoms with Gasteiger partial charge in [-0.3, -0.25) is 9.78 Å². The lowest BCUT2D eigenvalue weighted by atomic mass is 9.56. The average molecular weight is 482 g/mol. The van der Waals surface area contributed by atoms with Gasteiger partial charge in [0.25, 0.3) is 0 Å². The number of carbonyl (C=O) groups is 1. The lowest BCUT2D eigenvalue weighted by Gasteiger charge is -2.50. The molecule has 1 aliphatic heterocycles. The van der Waals surface area contributed by atoms with Crippen molar-refractivity contribution in [1.29, 1.82) is 0 Å². The zero-order chi connectivity index (χ0) is 24.7. The normalized spacial score (nSPS) is 29.1. The lowest BCUT2D eigenvalue weighted by Crippen LogP contribution is -2.51. The highest BCUT2D eigenvalue weighted by Crippen LogP contribution is 2.51. The smallest absolute Gasteiger partial charge is 0.273 e. The van der Waals surface area contributed by atoms with E-state index >= 15 is 0 Å². The Morgan fingerprint density at radius 1 is 1.09 bits per heavy atom. The van der Waals surface area contributed by atoms with Crippen LogP contribution in [0.3, 0.4) is 0 Å². The van der Waals surface area contributed by atoms with E-state index in [2.05, 4.69) is 16.2 Å². The standard InChI is InChI=1S/C28H30F3N3O/c1-17-26-24(23-9-4-3-6-19(23)15-25(26)27(35)34(2)33-17)13-12-22-11-10-20(16-32-22)18-7-5-8-21(14-18)28(29,30)31/h5,7-8,10-14,16,19,23-26H,3-4,6,9,15H2,1-2H3/b13-12+/t19-,23+,24-,25+,26+/m0/s1. The molecule has 2 fully saturated rings. The second kappa shape index (κ2) is 9.25. The van der Waals surface area contributed by atoms with E-state index in [4.69, 9.17) is 0 Å². The highest BCUT2D eigenvalue weighted by Gasteiger charge is 2.50. The molecule has 0 bridgehead atoms. The molecule has 184 valence electrons. The van der Waals surface area contributed by atoms with E-state index in [0.29, 0.717) is 23.0 Å². The monoisotopic (exact) mass is 481 g/mol. The van der Waals surface area contributed by atoms with Crippen LogP contribution in [0.1, 0.15) is 50.3 Å². The third-order valence-electron chi connectivity index (χ3n) is 8.09. The van der Waals surface area contributed by atoms with Crippen molar-refractivity contribution in [1.82, 2.24) is 9.99 Å². The molecule has 0 N–H and O–H groups in total. The van der Waals surface area contributed by atoms with Gasteiger partial charge in [0.15, 0.2) is 0 Å². The molecule has 3 aliphatic rings. The molecule has 0 unspecified atom stereocenters. The van der Waals surface area contributed by atoms with Crippen molar-refractivity contribution in [3.05, 3.63) is 59.9 Å². The van der Waals surface area contributed by atoms with Gasteiger partial charge in [0, 0.05) is 36.4 Å². The molecule has 5 atom stereocenters. The van der Waals surface area contributed by atoms with Crippen LogP contribution in [0.5, 0.6) is 0 Å². The van der Waals surface area contributed by atoms with Crippen molar-refractivity contribution in [2.24, 2.45) is 34.7 Å². The molecule has 5 rings (SSSR count). The van der Waals surface area contributed by atoms with Crippen molar-refractivity contribution in [2.75, 3.05) is 7.05 Å². The Labute approximate surface area is 203 Å². The number of hydrogen-bond acceptors (Lipinski definition) is 3. The first-order chi connectivity index (χ1) is 16.7. The summed E-state index contributed by atoms with van der Waals surface area (Å²) in [6, 6.07) is 8.94. The zero-order valence-electron chi connectivity index (χ0n) is 20.0. The number of nitrogens with zero attached hydrogens (tertiary/aromatic N) is 3. The van der Waals surface area contributed by atoms with Crippen molar-refractivity contribution in [3.63, 3.8) is 0 Å². The Kier molecular flexibility index (Phi) is 6.28. The molecule has 35 heavy (non-hydrogen) atoms. The van der Waals surface area contributed by atoms with Gasteiger partial charge in [0.1, 0.15) is 0 Å². The second-order valence-electron chi connectivity index (χ2n) is 10.2. The average Bonchev–Trinajstić information content (AvgIpc) is 2.85. The van der Waals surface area contributed by atoms with Crippen LogP contribution in [0.15, 0.2) is 53.8 Å². The number of benzene rings is 1. The van der Waals surface area contributed by atoms with E-state index in [0.717, 1.165) is 30.0 Å². The molecule has 2 aromatic rings. The van der Waals surface area contributed by atoms with Gasteiger partial charge in [-0.25, -0.2) is 5.01 Å². The number of pyridine rings is 1. The third-order valence-corrected chi connectivity index (χ3v) is 8.09. The van der Waals surface area contributed by atoms with E-state index in [1.165, 1.54) is 36.8 Å². The number of amides is 1. The van der Waals surface area contributed by atoms with Crippen LogP contribution in [0.25, 0.3) is 17.2 Å². The van der Waals surface area contributed by atoms with Crippen molar-refractivity contribution < 1.29 is 18.0 Å². The fourth-order valence-electron chi connectivity index (χ4n) is 6.48. The number of hydrazone groups is 1. The molecule has 1 amide bonds. The fourth-order valence-corrected chi connectivity index (χ4v) is 6.48. The minimum Gasteiger partial charge on any atom is -0.273 e. The molecular formula is C28H30F3N3O. The molecule has 4 nitrogen and oxygen atoms in total. The number of allylic oxidation sites excluding steroid dienone is 1. The van der Waals surface area contributed by atoms with Crippen LogP contribution in [0, 0.1) is 29.6 Å². The Balaban J connectivity index is 1.41. The van der Waals surface area contributed by atoms with Crippen LogP contribution < -0.4 is 0 Å². The van der Waals surface area contributed by atoms with Gasteiger partial charge in [0.2, 0.25) is 5.91 Å². The van der Waals surface area contributed by atoms with Gasteiger partial charge in [-0.1, -0.05) is 43.5 Å². The quantitative estimate of drug-likeness (QED) is 0.490. The first kappa shape index (κ1) is 23.8. The lowest BCUT2D eigenvalue weighted by molar-refractivity contribution is -0.140. The Morgan fingerprint density at radius 3 is 2.63 bits per heavy atom. The molecule has 2 aliphatic carbocycles. The van der Waals surface area contributed by atoms with Gasteiger partial charge in [-0.15, -0.1) is 0 Å². The molecular weight excluding hydrogens is 451 g/mol. The summed E-state index contributed by atoms with van der Waals surface area (Å²) >= 11 is 0. The molecule has 1 aromatic carbocycles. The molecule has 0 saturated heterocycles. The Hall–Kier alpha value is -2.96. The van der Waals surface area contributed by atoms with Gasteiger partial charge in [0.05, 0.1) is 11.3 Å². The van der Waals surface area contributed by atoms with Crippen molar-refractivity contribution in [2.45, 2.75) is 45.2 Å². The van der Waals surface area contributed by atoms with E-state index in [-0.39, 0.29) is 23.7 Å². The highest BCUT2D eigenvalue weighted by molar-refractivity contribution is 5.95. The maximum Gasteiger partial charge on any atom is 0.416 e. The summed E-state index contributed by atoms with van der Waals surface area (Å²) in [7, 11) is 1.75. The summed E-state index contributed by atoms with van der Waals surface area (Å²) in [6.07, 6.45) is 7.19. The summed E-state index contributed by atoms with van der Waals surface area (Å²) in [5, 5.41) is 6.04. The number of halogens is 3. The SMILES string of the molecule is CC1=NN(C)C(=O)[C@@H]2C[C@@H]3CCCC[C@H]3[C@H](/C=C/c3ccc(-c4cccc(C(F)(F)F)c4)cn3)[C@@H]12. The summed E-state index contributed by atoms with van der Waals surface area (Å²) < 4.78 is 39.2. The maximum absolute atomic E-state index is 13.1. The van der Waals surface area contributed by atoms with Crippen molar-refractivity contribution in [3.8, 4) is 11.1 Å². The number of rotatable bonds is 3. The number of hydrogen-bond donors (Lipinski definition) is 0. The van der Waals surface area contributed by atoms with Gasteiger partial charge < -0.3 is 0 Å². The maximum atomic E-state index is 13.1. The summed E-state index contributed by atoms with van der Waals surface area (Å²) in [5.74, 6) is 1.52. The minimum absolute atomic E-state index is 0.0252. The predicted octanol–water partition coefficient (Wildman–Crippen LogP) is 6.69. The molecule has 1 aromatic heterocycles. The Morgan fingerprint density at radius 2 is 1.89 bits per heavy atom. The van der Waals surface area contributed by atoms with E-state index in [9.17, 15) is 18.0 Å². The van der Waals surface area contributed by atoms with Crippen molar-refractivity contribution >= 4 is 17.7 Å². The fraction of sp³-hybridized carbons (Fsp3) is 0.464. The van der Waals surface area contributed by atoms with Crippen LogP contribution in [0.4, 0.5) is 13.2 Å². The number of alkyl halides is 3. The van der Waals surface area contributed by atoms with Gasteiger partial charge in [-0.05, 0) is 67.4 Å². The topological polar surface area (TPSA) is 45.6 Å². The highest BCUT2D eigenvalue weighted by atomic mass is 19.4. The zero-order valence-corrected chi connectivity index (χ0v) is 20.0. The largest absolute Gasteiger partial charge is 0.416 e.